The van der Waals surface area contributed by atoms with Crippen LogP contribution >= 0.6 is 0 Å². The zero-order valence-electron chi connectivity index (χ0n) is 17.8. The predicted molar refractivity (Wildman–Crippen MR) is 115 cm³/mol. The number of piperidine rings is 1. The highest BCUT2D eigenvalue weighted by atomic mass is 16.5. The van der Waals surface area contributed by atoms with Crippen LogP contribution in [0, 0.1) is 6.92 Å². The lowest BCUT2D eigenvalue weighted by Gasteiger charge is -2.32. The number of hydrogen-bond donors (Lipinski definition) is 1. The van der Waals surface area contributed by atoms with Crippen molar-refractivity contribution in [2.24, 2.45) is 0 Å². The Morgan fingerprint density at radius 3 is 2.30 bits per heavy atom. The molecule has 0 bridgehead atoms. The molecule has 1 N–H and O–H groups in total. The van der Waals surface area contributed by atoms with E-state index in [-0.39, 0.29) is 5.91 Å². The van der Waals surface area contributed by atoms with E-state index >= 15 is 0 Å². The van der Waals surface area contributed by atoms with Crippen molar-refractivity contribution in [3.05, 3.63) is 47.3 Å². The van der Waals surface area contributed by atoms with Gasteiger partial charge in [0.1, 0.15) is 5.65 Å². The molecular weight excluding hydrogens is 382 g/mol. The Balaban J connectivity index is 1.49. The van der Waals surface area contributed by atoms with Crippen LogP contribution in [-0.4, -0.2) is 55.2 Å². The fraction of sp³-hybridized carbons (Fsp3) is 0.391. The number of rotatable bonds is 5. The number of methoxy groups -OCH3 is 3. The van der Waals surface area contributed by atoms with Gasteiger partial charge >= 0.3 is 0 Å². The van der Waals surface area contributed by atoms with E-state index in [1.165, 1.54) is 5.69 Å². The molecule has 2 aromatic heterocycles. The van der Waals surface area contributed by atoms with Crippen LogP contribution in [0.4, 0.5) is 0 Å². The van der Waals surface area contributed by atoms with E-state index in [0.717, 1.165) is 29.4 Å². The van der Waals surface area contributed by atoms with Gasteiger partial charge in [0, 0.05) is 41.8 Å². The molecule has 4 rings (SSSR count). The van der Waals surface area contributed by atoms with Crippen molar-refractivity contribution in [3.63, 3.8) is 0 Å². The highest BCUT2D eigenvalue weighted by Crippen LogP contribution is 2.39. The third-order valence-corrected chi connectivity index (χ3v) is 5.76. The van der Waals surface area contributed by atoms with Gasteiger partial charge in [-0.3, -0.25) is 4.79 Å². The molecule has 0 aliphatic carbocycles. The molecule has 0 saturated carbocycles. The second kappa shape index (κ2) is 8.26. The molecule has 0 radical (unpaired) electrons. The number of amides is 1. The number of nitrogens with one attached hydrogen (secondary N) is 1. The third-order valence-electron chi connectivity index (χ3n) is 5.76. The minimum Gasteiger partial charge on any atom is -0.493 e. The molecule has 0 atom stereocenters. The minimum absolute atomic E-state index is 0.0263. The van der Waals surface area contributed by atoms with Crippen LogP contribution in [0.2, 0.25) is 0 Å². The summed E-state index contributed by atoms with van der Waals surface area (Å²) in [5.74, 6) is 1.81. The smallest absolute Gasteiger partial charge is 0.254 e. The van der Waals surface area contributed by atoms with E-state index in [1.807, 2.05) is 18.0 Å². The van der Waals surface area contributed by atoms with Crippen LogP contribution < -0.4 is 14.2 Å². The Kier molecular flexibility index (Phi) is 5.53. The predicted octanol–water partition coefficient (Wildman–Crippen LogP) is 3.92. The summed E-state index contributed by atoms with van der Waals surface area (Å²) >= 11 is 0. The summed E-state index contributed by atoms with van der Waals surface area (Å²) in [5.41, 5.74) is 3.81. The van der Waals surface area contributed by atoms with Crippen LogP contribution in [0.5, 0.6) is 17.2 Å². The fourth-order valence-electron chi connectivity index (χ4n) is 4.15. The second-order valence-electron chi connectivity index (χ2n) is 7.66. The number of nitrogens with zero attached hydrogens (tertiary/aromatic N) is 2. The fourth-order valence-corrected chi connectivity index (χ4v) is 4.15. The number of fused-ring (bicyclic) bond motifs is 1. The van der Waals surface area contributed by atoms with Gasteiger partial charge in [-0.1, -0.05) is 0 Å². The normalized spacial score (nSPS) is 14.7. The molecule has 3 heterocycles. The molecule has 0 unspecified atom stereocenters. The van der Waals surface area contributed by atoms with Crippen molar-refractivity contribution in [1.82, 2.24) is 14.9 Å². The molecule has 1 aliphatic rings. The number of aryl methyl sites for hydroxylation is 1. The maximum atomic E-state index is 13.1. The van der Waals surface area contributed by atoms with Crippen molar-refractivity contribution >= 4 is 16.9 Å². The highest BCUT2D eigenvalue weighted by molar-refractivity contribution is 5.95. The summed E-state index contributed by atoms with van der Waals surface area (Å²) in [6.07, 6.45) is 3.69. The van der Waals surface area contributed by atoms with Crippen LogP contribution in [0.1, 0.15) is 40.4 Å². The lowest BCUT2D eigenvalue weighted by atomic mass is 9.93. The minimum atomic E-state index is -0.0263. The van der Waals surface area contributed by atoms with Gasteiger partial charge in [0.05, 0.1) is 21.3 Å². The van der Waals surface area contributed by atoms with Gasteiger partial charge in [-0.2, -0.15) is 0 Å². The average Bonchev–Trinajstić information content (AvgIpc) is 3.20. The maximum absolute atomic E-state index is 13.1. The van der Waals surface area contributed by atoms with Gasteiger partial charge in [-0.15, -0.1) is 0 Å². The summed E-state index contributed by atoms with van der Waals surface area (Å²) in [6.45, 7) is 3.44. The number of aromatic amines is 1. The van der Waals surface area contributed by atoms with Gasteiger partial charge < -0.3 is 24.1 Å². The molecule has 1 aliphatic heterocycles. The van der Waals surface area contributed by atoms with E-state index in [0.29, 0.717) is 41.8 Å². The molecule has 7 nitrogen and oxygen atoms in total. The van der Waals surface area contributed by atoms with Gasteiger partial charge in [-0.25, -0.2) is 4.98 Å². The standard InChI is InChI=1S/C23H27N3O4/c1-14-9-16-10-18(25-22(16)24-13-14)15-5-7-26(8-6-15)23(27)17-11-19(28-2)21(30-4)20(12-17)29-3/h9-13,15H,5-8H2,1-4H3,(H,24,25). The summed E-state index contributed by atoms with van der Waals surface area (Å²) in [7, 11) is 4.65. The van der Waals surface area contributed by atoms with E-state index in [4.69, 9.17) is 14.2 Å². The molecule has 7 heteroatoms. The molecular formula is C23H27N3O4. The van der Waals surface area contributed by atoms with Crippen molar-refractivity contribution in [2.75, 3.05) is 34.4 Å². The van der Waals surface area contributed by atoms with Crippen LogP contribution in [0.15, 0.2) is 30.5 Å². The third kappa shape index (κ3) is 3.67. The molecule has 158 valence electrons. The lowest BCUT2D eigenvalue weighted by Crippen LogP contribution is -2.38. The van der Waals surface area contributed by atoms with Gasteiger partial charge in [0.2, 0.25) is 5.75 Å². The number of H-pyrrole nitrogens is 1. The van der Waals surface area contributed by atoms with Crippen LogP contribution in [-0.2, 0) is 0 Å². The lowest BCUT2D eigenvalue weighted by molar-refractivity contribution is 0.0711. The molecule has 3 aromatic rings. The summed E-state index contributed by atoms with van der Waals surface area (Å²) in [6, 6.07) is 7.76. The van der Waals surface area contributed by atoms with Crippen molar-refractivity contribution in [1.29, 1.82) is 0 Å². The van der Waals surface area contributed by atoms with Crippen molar-refractivity contribution in [3.8, 4) is 17.2 Å². The van der Waals surface area contributed by atoms with E-state index in [1.54, 1.807) is 33.5 Å². The number of ether oxygens (including phenoxy) is 3. The Bertz CT molecular complexity index is 1040. The van der Waals surface area contributed by atoms with Crippen LogP contribution in [0.3, 0.4) is 0 Å². The number of pyridine rings is 1. The highest BCUT2D eigenvalue weighted by Gasteiger charge is 2.27. The van der Waals surface area contributed by atoms with E-state index in [9.17, 15) is 4.79 Å². The van der Waals surface area contributed by atoms with Crippen molar-refractivity contribution < 1.29 is 19.0 Å². The summed E-state index contributed by atoms with van der Waals surface area (Å²) < 4.78 is 16.1. The number of carbonyl (C=O) groups is 1. The maximum Gasteiger partial charge on any atom is 0.254 e. The number of likely N-dealkylation sites (tertiary alicyclic amines) is 1. The number of carbonyl (C=O) groups excluding carboxylic acids is 1. The van der Waals surface area contributed by atoms with Gasteiger partial charge in [0.15, 0.2) is 11.5 Å². The Hall–Kier alpha value is -3.22. The molecule has 1 saturated heterocycles. The quantitative estimate of drug-likeness (QED) is 0.691. The first kappa shape index (κ1) is 20.1. The van der Waals surface area contributed by atoms with Crippen LogP contribution in [0.25, 0.3) is 11.0 Å². The van der Waals surface area contributed by atoms with E-state index < -0.39 is 0 Å². The first-order chi connectivity index (χ1) is 14.5. The number of hydrogen-bond acceptors (Lipinski definition) is 5. The Morgan fingerprint density at radius 2 is 1.70 bits per heavy atom. The van der Waals surface area contributed by atoms with E-state index in [2.05, 4.69) is 22.1 Å². The average molecular weight is 409 g/mol. The Labute approximate surface area is 176 Å². The zero-order valence-corrected chi connectivity index (χ0v) is 17.8. The second-order valence-corrected chi connectivity index (χ2v) is 7.66. The molecule has 30 heavy (non-hydrogen) atoms. The number of aromatic nitrogens is 2. The van der Waals surface area contributed by atoms with Crippen molar-refractivity contribution in [2.45, 2.75) is 25.7 Å². The molecule has 1 amide bonds. The molecule has 1 fully saturated rings. The van der Waals surface area contributed by atoms with Gasteiger partial charge in [0.25, 0.3) is 5.91 Å². The monoisotopic (exact) mass is 409 g/mol. The zero-order chi connectivity index (χ0) is 21.3. The Morgan fingerprint density at radius 1 is 1.03 bits per heavy atom. The number of benzene rings is 1. The SMILES string of the molecule is COc1cc(C(=O)N2CCC(c3cc4cc(C)cnc4[nH]3)CC2)cc(OC)c1OC. The summed E-state index contributed by atoms with van der Waals surface area (Å²) in [5, 5.41) is 1.14. The molecule has 1 aromatic carbocycles. The summed E-state index contributed by atoms with van der Waals surface area (Å²) in [4.78, 5) is 22.9. The topological polar surface area (TPSA) is 76.7 Å². The first-order valence-electron chi connectivity index (χ1n) is 10.1. The first-order valence-corrected chi connectivity index (χ1v) is 10.1. The van der Waals surface area contributed by atoms with Gasteiger partial charge in [-0.05, 0) is 49.6 Å². The largest absolute Gasteiger partial charge is 0.493 e. The molecule has 0 spiro atoms.